The lowest BCUT2D eigenvalue weighted by molar-refractivity contribution is -0.125. The van der Waals surface area contributed by atoms with Gasteiger partial charge < -0.3 is 4.90 Å². The van der Waals surface area contributed by atoms with Crippen molar-refractivity contribution in [2.75, 3.05) is 13.1 Å². The Hall–Kier alpha value is -1.06. The van der Waals surface area contributed by atoms with Crippen molar-refractivity contribution in [2.24, 2.45) is 0 Å². The van der Waals surface area contributed by atoms with Crippen molar-refractivity contribution < 1.29 is 9.18 Å². The number of hydrogen-bond donors (Lipinski definition) is 0. The van der Waals surface area contributed by atoms with Gasteiger partial charge in [-0.2, -0.15) is 0 Å². The van der Waals surface area contributed by atoms with Crippen LogP contribution >= 0.6 is 23.2 Å². The highest BCUT2D eigenvalue weighted by molar-refractivity contribution is 6.42. The fourth-order valence-corrected chi connectivity index (χ4v) is 2.02. The molecule has 0 aromatic heterocycles. The fourth-order valence-electron chi connectivity index (χ4n) is 1.60. The largest absolute Gasteiger partial charge is 0.339 e. The van der Waals surface area contributed by atoms with Crippen molar-refractivity contribution in [1.29, 1.82) is 0 Å². The topological polar surface area (TPSA) is 20.3 Å². The average Bonchev–Trinajstić information content (AvgIpc) is 2.37. The first kappa shape index (κ1) is 15.0. The van der Waals surface area contributed by atoms with Gasteiger partial charge in [0, 0.05) is 18.7 Å². The van der Waals surface area contributed by atoms with Crippen LogP contribution in [0.4, 0.5) is 4.39 Å². The molecule has 1 aromatic rings. The van der Waals surface area contributed by atoms with Gasteiger partial charge in [-0.25, -0.2) is 4.39 Å². The summed E-state index contributed by atoms with van der Waals surface area (Å²) in [5.74, 6) is -0.595. The highest BCUT2D eigenvalue weighted by atomic mass is 35.5. The van der Waals surface area contributed by atoms with Gasteiger partial charge in [0.1, 0.15) is 5.82 Å². The first-order chi connectivity index (χ1) is 8.51. The molecule has 1 aromatic carbocycles. The Morgan fingerprint density at radius 3 is 2.72 bits per heavy atom. The molecule has 0 heterocycles. The van der Waals surface area contributed by atoms with Crippen LogP contribution in [0.25, 0.3) is 0 Å². The fraction of sp³-hybridized carbons (Fsp3) is 0.308. The van der Waals surface area contributed by atoms with Gasteiger partial charge in [0.2, 0.25) is 5.91 Å². The molecule has 0 saturated heterocycles. The van der Waals surface area contributed by atoms with Gasteiger partial charge in [0.15, 0.2) is 0 Å². The van der Waals surface area contributed by atoms with E-state index in [-0.39, 0.29) is 10.9 Å². The number of carbonyl (C=O) groups is 1. The Labute approximate surface area is 116 Å². The normalized spacial score (nSPS) is 10.2. The molecule has 0 atom stereocenters. The Bertz CT molecular complexity index is 463. The van der Waals surface area contributed by atoms with Crippen LogP contribution in [0.15, 0.2) is 24.8 Å². The molecule has 5 heteroatoms. The number of nitrogens with zero attached hydrogens (tertiary/aromatic N) is 1. The Morgan fingerprint density at radius 2 is 2.17 bits per heavy atom. The molecular formula is C13H14Cl2FNO. The van der Waals surface area contributed by atoms with Crippen molar-refractivity contribution in [1.82, 2.24) is 4.90 Å². The lowest BCUT2D eigenvalue weighted by atomic mass is 10.1. The molecule has 1 amide bonds. The number of likely N-dealkylation sites (N-methyl/N-ethyl adjacent to an activating group) is 1. The van der Waals surface area contributed by atoms with Gasteiger partial charge in [-0.3, -0.25) is 4.79 Å². The predicted molar refractivity (Wildman–Crippen MR) is 72.6 cm³/mol. The second-order valence-electron chi connectivity index (χ2n) is 3.69. The maximum Gasteiger partial charge on any atom is 0.245 e. The maximum atomic E-state index is 13.6. The van der Waals surface area contributed by atoms with E-state index in [1.807, 2.05) is 6.92 Å². The van der Waals surface area contributed by atoms with Gasteiger partial charge in [-0.15, -0.1) is 0 Å². The van der Waals surface area contributed by atoms with E-state index in [0.717, 1.165) is 0 Å². The predicted octanol–water partition coefficient (Wildman–Crippen LogP) is 3.71. The molecule has 0 aliphatic rings. The molecule has 1 rings (SSSR count). The quantitative estimate of drug-likeness (QED) is 0.598. The van der Waals surface area contributed by atoms with Crippen LogP contribution in [0.1, 0.15) is 12.5 Å². The zero-order chi connectivity index (χ0) is 13.7. The molecule has 0 N–H and O–H groups in total. The van der Waals surface area contributed by atoms with E-state index in [2.05, 4.69) is 6.58 Å². The standard InChI is InChI=1S/C13H14Cl2FNO/c1-3-12(18)17(4-2)8-7-9-11(16)6-5-10(14)13(9)15/h3,5-6H,1,4,7-8H2,2H3. The first-order valence-corrected chi connectivity index (χ1v) is 6.30. The molecule has 0 aliphatic carbocycles. The minimum absolute atomic E-state index is 0.184. The molecule has 2 nitrogen and oxygen atoms in total. The number of rotatable bonds is 5. The van der Waals surface area contributed by atoms with Crippen LogP contribution in [0.5, 0.6) is 0 Å². The lowest BCUT2D eigenvalue weighted by Gasteiger charge is -2.19. The number of carbonyl (C=O) groups excluding carboxylic acids is 1. The summed E-state index contributed by atoms with van der Waals surface area (Å²) in [7, 11) is 0. The molecule has 0 aliphatic heterocycles. The summed E-state index contributed by atoms with van der Waals surface area (Å²) in [5, 5.41) is 0.518. The van der Waals surface area contributed by atoms with E-state index in [1.165, 1.54) is 18.2 Å². The Balaban J connectivity index is 2.83. The second-order valence-corrected chi connectivity index (χ2v) is 4.48. The zero-order valence-corrected chi connectivity index (χ0v) is 11.6. The SMILES string of the molecule is C=CC(=O)N(CC)CCc1c(F)ccc(Cl)c1Cl. The number of amides is 1. The molecule has 0 radical (unpaired) electrons. The van der Waals surface area contributed by atoms with E-state index >= 15 is 0 Å². The third kappa shape index (κ3) is 3.47. The van der Waals surface area contributed by atoms with Crippen LogP contribution in [0.3, 0.4) is 0 Å². The van der Waals surface area contributed by atoms with E-state index < -0.39 is 5.82 Å². The van der Waals surface area contributed by atoms with Gasteiger partial charge in [0.05, 0.1) is 10.0 Å². The molecule has 0 saturated carbocycles. The first-order valence-electron chi connectivity index (χ1n) is 5.55. The molecule has 0 spiro atoms. The van der Waals surface area contributed by atoms with Gasteiger partial charge in [0.25, 0.3) is 0 Å². The van der Waals surface area contributed by atoms with Crippen molar-refractivity contribution in [3.8, 4) is 0 Å². The van der Waals surface area contributed by atoms with Crippen molar-refractivity contribution >= 4 is 29.1 Å². The summed E-state index contributed by atoms with van der Waals surface area (Å²) in [4.78, 5) is 13.0. The van der Waals surface area contributed by atoms with Gasteiger partial charge in [-0.05, 0) is 31.6 Å². The summed E-state index contributed by atoms with van der Waals surface area (Å²) in [6.45, 7) is 6.17. The second kappa shape index (κ2) is 6.76. The smallest absolute Gasteiger partial charge is 0.245 e. The third-order valence-electron chi connectivity index (χ3n) is 2.64. The van der Waals surface area contributed by atoms with Crippen LogP contribution in [-0.4, -0.2) is 23.9 Å². The number of benzene rings is 1. The zero-order valence-electron chi connectivity index (χ0n) is 10.0. The lowest BCUT2D eigenvalue weighted by Crippen LogP contribution is -2.31. The van der Waals surface area contributed by atoms with Crippen LogP contribution in [0.2, 0.25) is 10.0 Å². The van der Waals surface area contributed by atoms with Gasteiger partial charge in [-0.1, -0.05) is 29.8 Å². The van der Waals surface area contributed by atoms with Crippen molar-refractivity contribution in [3.63, 3.8) is 0 Å². The minimum Gasteiger partial charge on any atom is -0.339 e. The maximum absolute atomic E-state index is 13.6. The van der Waals surface area contributed by atoms with E-state index in [0.29, 0.717) is 30.1 Å². The highest BCUT2D eigenvalue weighted by Gasteiger charge is 2.14. The van der Waals surface area contributed by atoms with Crippen LogP contribution < -0.4 is 0 Å². The molecular weight excluding hydrogens is 276 g/mol. The van der Waals surface area contributed by atoms with Crippen molar-refractivity contribution in [2.45, 2.75) is 13.3 Å². The molecule has 0 fully saturated rings. The van der Waals surface area contributed by atoms with E-state index in [1.54, 1.807) is 4.90 Å². The van der Waals surface area contributed by atoms with Crippen molar-refractivity contribution in [3.05, 3.63) is 46.2 Å². The Morgan fingerprint density at radius 1 is 1.50 bits per heavy atom. The van der Waals surface area contributed by atoms with Gasteiger partial charge >= 0.3 is 0 Å². The summed E-state index contributed by atoms with van der Waals surface area (Å²) in [6.07, 6.45) is 1.55. The van der Waals surface area contributed by atoms with Crippen LogP contribution in [-0.2, 0) is 11.2 Å². The molecule has 18 heavy (non-hydrogen) atoms. The third-order valence-corrected chi connectivity index (χ3v) is 3.48. The Kier molecular flexibility index (Phi) is 5.63. The molecule has 0 bridgehead atoms. The minimum atomic E-state index is -0.411. The summed E-state index contributed by atoms with van der Waals surface area (Å²) in [5.41, 5.74) is 0.333. The number of halogens is 3. The monoisotopic (exact) mass is 289 g/mol. The molecule has 98 valence electrons. The highest BCUT2D eigenvalue weighted by Crippen LogP contribution is 2.28. The number of hydrogen-bond acceptors (Lipinski definition) is 1. The summed E-state index contributed by atoms with van der Waals surface area (Å²) in [6, 6.07) is 2.68. The van der Waals surface area contributed by atoms with E-state index in [4.69, 9.17) is 23.2 Å². The summed E-state index contributed by atoms with van der Waals surface area (Å²) >= 11 is 11.8. The average molecular weight is 290 g/mol. The van der Waals surface area contributed by atoms with Crippen LogP contribution in [0, 0.1) is 5.82 Å². The van der Waals surface area contributed by atoms with E-state index in [9.17, 15) is 9.18 Å². The summed E-state index contributed by atoms with van der Waals surface area (Å²) < 4.78 is 13.6. The molecule has 0 unspecified atom stereocenters.